The van der Waals surface area contributed by atoms with E-state index in [0.717, 1.165) is 19.6 Å². The maximum atomic E-state index is 12.0. The molecule has 1 saturated heterocycles. The fourth-order valence-corrected chi connectivity index (χ4v) is 2.90. The number of aliphatic hydroxyl groups is 2. The van der Waals surface area contributed by atoms with Crippen LogP contribution < -0.4 is 4.74 Å². The first-order valence-electron chi connectivity index (χ1n) is 7.86. The number of carbonyl (C=O) groups excluding carboxylic acids is 1. The van der Waals surface area contributed by atoms with Gasteiger partial charge in [-0.2, -0.15) is 5.10 Å². The molecule has 0 unspecified atom stereocenters. The average molecular weight is 335 g/mol. The molecule has 8 heteroatoms. The van der Waals surface area contributed by atoms with Gasteiger partial charge in [0.15, 0.2) is 0 Å². The van der Waals surface area contributed by atoms with Crippen LogP contribution in [0.2, 0.25) is 0 Å². The number of hydrogen-bond acceptors (Lipinski definition) is 7. The molecular formula is C16H21N3O5. The van der Waals surface area contributed by atoms with Crippen molar-refractivity contribution < 1.29 is 24.5 Å². The van der Waals surface area contributed by atoms with Gasteiger partial charge >= 0.3 is 0 Å². The number of para-hydroxylation sites is 1. The third-order valence-corrected chi connectivity index (χ3v) is 4.15. The summed E-state index contributed by atoms with van der Waals surface area (Å²) in [6.07, 6.45) is -2.08. The number of nitrogens with zero attached hydrogens (tertiary/aromatic N) is 3. The molecule has 2 heterocycles. The number of hydrogen-bond donors (Lipinski definition) is 2. The lowest BCUT2D eigenvalue weighted by Crippen LogP contribution is -2.38. The van der Waals surface area contributed by atoms with E-state index in [1.807, 2.05) is 0 Å². The summed E-state index contributed by atoms with van der Waals surface area (Å²) in [5.41, 5.74) is 0.720. The lowest BCUT2D eigenvalue weighted by molar-refractivity contribution is -0.0198. The van der Waals surface area contributed by atoms with E-state index >= 15 is 0 Å². The highest BCUT2D eigenvalue weighted by Gasteiger charge is 2.24. The van der Waals surface area contributed by atoms with E-state index in [0.29, 0.717) is 36.4 Å². The Labute approximate surface area is 139 Å². The molecule has 1 aromatic heterocycles. The van der Waals surface area contributed by atoms with Gasteiger partial charge in [0.05, 0.1) is 26.9 Å². The number of carbonyl (C=O) groups is 1. The molecule has 1 aromatic carbocycles. The smallest absolute Gasteiger partial charge is 0.239 e. The second-order valence-corrected chi connectivity index (χ2v) is 5.62. The van der Waals surface area contributed by atoms with Crippen molar-refractivity contribution >= 4 is 16.7 Å². The van der Waals surface area contributed by atoms with Gasteiger partial charge in [0, 0.05) is 25.0 Å². The number of benzene rings is 1. The van der Waals surface area contributed by atoms with Crippen LogP contribution in [0.5, 0.6) is 5.75 Å². The Morgan fingerprint density at radius 3 is 2.75 bits per heavy atom. The van der Waals surface area contributed by atoms with Crippen molar-refractivity contribution in [2.24, 2.45) is 0 Å². The molecule has 130 valence electrons. The Morgan fingerprint density at radius 1 is 1.33 bits per heavy atom. The number of methoxy groups -OCH3 is 1. The first-order chi connectivity index (χ1) is 11.6. The molecular weight excluding hydrogens is 314 g/mol. The molecule has 1 aliphatic heterocycles. The molecule has 2 aromatic rings. The standard InChI is InChI=1S/C16H21N3O5/c1-23-12-4-2-3-11-13(15(20)16(21)22)17-19(14(11)12)6-5-18-7-9-24-10-8-18/h2-4,16,21-22H,5-10H2,1H3. The predicted molar refractivity (Wildman–Crippen MR) is 86.1 cm³/mol. The lowest BCUT2D eigenvalue weighted by atomic mass is 10.1. The van der Waals surface area contributed by atoms with E-state index in [9.17, 15) is 15.0 Å². The van der Waals surface area contributed by atoms with Gasteiger partial charge in [-0.3, -0.25) is 14.4 Å². The predicted octanol–water partition coefficient (Wildman–Crippen LogP) is -0.129. The van der Waals surface area contributed by atoms with Crippen LogP contribution in [0, 0.1) is 0 Å². The summed E-state index contributed by atoms with van der Waals surface area (Å²) in [6.45, 7) is 4.46. The van der Waals surface area contributed by atoms with Crippen LogP contribution in [0.15, 0.2) is 18.2 Å². The molecule has 0 spiro atoms. The van der Waals surface area contributed by atoms with Crippen molar-refractivity contribution in [3.63, 3.8) is 0 Å². The Kier molecular flexibility index (Phi) is 5.10. The van der Waals surface area contributed by atoms with Gasteiger partial charge in [-0.1, -0.05) is 12.1 Å². The molecule has 0 bridgehead atoms. The van der Waals surface area contributed by atoms with Crippen LogP contribution in [0.3, 0.4) is 0 Å². The third-order valence-electron chi connectivity index (χ3n) is 4.15. The molecule has 0 aliphatic carbocycles. The molecule has 1 aliphatic rings. The fourth-order valence-electron chi connectivity index (χ4n) is 2.90. The molecule has 1 fully saturated rings. The largest absolute Gasteiger partial charge is 0.494 e. The van der Waals surface area contributed by atoms with Gasteiger partial charge in [-0.25, -0.2) is 0 Å². The molecule has 3 rings (SSSR count). The van der Waals surface area contributed by atoms with Gasteiger partial charge in [-0.05, 0) is 6.07 Å². The number of aliphatic hydroxyl groups excluding tert-OH is 1. The maximum Gasteiger partial charge on any atom is 0.239 e. The molecule has 0 radical (unpaired) electrons. The molecule has 0 saturated carbocycles. The number of fused-ring (bicyclic) bond motifs is 1. The maximum absolute atomic E-state index is 12.0. The van der Waals surface area contributed by atoms with Crippen molar-refractivity contribution in [3.8, 4) is 5.75 Å². The highest BCUT2D eigenvalue weighted by atomic mass is 16.5. The summed E-state index contributed by atoms with van der Waals surface area (Å²) in [6, 6.07) is 5.26. The topological polar surface area (TPSA) is 97.1 Å². The van der Waals surface area contributed by atoms with E-state index in [1.54, 1.807) is 30.0 Å². The Hall–Kier alpha value is -2.00. The molecule has 2 N–H and O–H groups in total. The summed E-state index contributed by atoms with van der Waals surface area (Å²) in [4.78, 5) is 14.3. The second kappa shape index (κ2) is 7.27. The highest BCUT2D eigenvalue weighted by Crippen LogP contribution is 2.28. The van der Waals surface area contributed by atoms with Gasteiger partial charge in [0.1, 0.15) is 17.0 Å². The van der Waals surface area contributed by atoms with E-state index < -0.39 is 12.1 Å². The number of morpholine rings is 1. The van der Waals surface area contributed by atoms with Crippen molar-refractivity contribution in [2.45, 2.75) is 12.8 Å². The minimum Gasteiger partial charge on any atom is -0.494 e. The van der Waals surface area contributed by atoms with Crippen molar-refractivity contribution in [3.05, 3.63) is 23.9 Å². The van der Waals surface area contributed by atoms with E-state index in [4.69, 9.17) is 9.47 Å². The van der Waals surface area contributed by atoms with Gasteiger partial charge in [-0.15, -0.1) is 0 Å². The molecule has 0 atom stereocenters. The van der Waals surface area contributed by atoms with Crippen LogP contribution in [0.1, 0.15) is 10.5 Å². The van der Waals surface area contributed by atoms with Crippen LogP contribution in [-0.2, 0) is 11.3 Å². The Balaban J connectivity index is 1.94. The number of aromatic nitrogens is 2. The lowest BCUT2D eigenvalue weighted by Gasteiger charge is -2.26. The summed E-state index contributed by atoms with van der Waals surface area (Å²) in [5, 5.41) is 23.3. The summed E-state index contributed by atoms with van der Waals surface area (Å²) < 4.78 is 12.4. The molecule has 0 amide bonds. The summed E-state index contributed by atoms with van der Waals surface area (Å²) in [5.74, 6) is -0.230. The number of Topliss-reactive ketones (excluding diaryl/α,β-unsaturated/α-hetero) is 1. The van der Waals surface area contributed by atoms with E-state index in [2.05, 4.69) is 10.00 Å². The van der Waals surface area contributed by atoms with E-state index in [-0.39, 0.29) is 5.69 Å². The summed E-state index contributed by atoms with van der Waals surface area (Å²) in [7, 11) is 1.55. The van der Waals surface area contributed by atoms with Crippen molar-refractivity contribution in [1.29, 1.82) is 0 Å². The normalized spacial score (nSPS) is 16.0. The zero-order valence-electron chi connectivity index (χ0n) is 13.5. The third kappa shape index (κ3) is 3.27. The second-order valence-electron chi connectivity index (χ2n) is 5.62. The van der Waals surface area contributed by atoms with E-state index in [1.165, 1.54) is 0 Å². The Morgan fingerprint density at radius 2 is 2.08 bits per heavy atom. The fraction of sp³-hybridized carbons (Fsp3) is 0.500. The number of ketones is 1. The van der Waals surface area contributed by atoms with Gasteiger partial charge < -0.3 is 19.7 Å². The van der Waals surface area contributed by atoms with Crippen molar-refractivity contribution in [1.82, 2.24) is 14.7 Å². The minimum absolute atomic E-state index is 0.0425. The van der Waals surface area contributed by atoms with Gasteiger partial charge in [0.2, 0.25) is 12.1 Å². The zero-order chi connectivity index (χ0) is 17.1. The molecule has 24 heavy (non-hydrogen) atoms. The van der Waals surface area contributed by atoms with Crippen LogP contribution in [0.4, 0.5) is 0 Å². The van der Waals surface area contributed by atoms with Crippen LogP contribution >= 0.6 is 0 Å². The SMILES string of the molecule is COc1cccc2c(C(=O)C(O)O)nn(CCN3CCOCC3)c12. The zero-order valence-corrected chi connectivity index (χ0v) is 13.5. The number of rotatable bonds is 6. The minimum atomic E-state index is -2.08. The van der Waals surface area contributed by atoms with Crippen LogP contribution in [0.25, 0.3) is 10.9 Å². The summed E-state index contributed by atoms with van der Waals surface area (Å²) >= 11 is 0. The van der Waals surface area contributed by atoms with Gasteiger partial charge in [0.25, 0.3) is 0 Å². The monoisotopic (exact) mass is 335 g/mol. The number of ether oxygens (including phenoxy) is 2. The average Bonchev–Trinajstić information content (AvgIpc) is 2.99. The first kappa shape index (κ1) is 16.8. The quantitative estimate of drug-likeness (QED) is 0.561. The van der Waals surface area contributed by atoms with Crippen molar-refractivity contribution in [2.75, 3.05) is 40.0 Å². The van der Waals surface area contributed by atoms with Crippen LogP contribution in [-0.4, -0.2) is 76.9 Å². The highest BCUT2D eigenvalue weighted by molar-refractivity contribution is 6.08. The first-order valence-corrected chi connectivity index (χ1v) is 7.86. The Bertz CT molecular complexity index is 722. The molecule has 8 nitrogen and oxygen atoms in total.